The Morgan fingerprint density at radius 2 is 1.81 bits per heavy atom. The van der Waals surface area contributed by atoms with Gasteiger partial charge >= 0.3 is 0 Å². The van der Waals surface area contributed by atoms with Crippen LogP contribution in [0.1, 0.15) is 22.7 Å². The van der Waals surface area contributed by atoms with Crippen molar-refractivity contribution in [2.24, 2.45) is 0 Å². The van der Waals surface area contributed by atoms with Crippen LogP contribution in [-0.2, 0) is 17.9 Å². The minimum absolute atomic E-state index is 0.462. The van der Waals surface area contributed by atoms with Gasteiger partial charge in [0.2, 0.25) is 5.91 Å². The first-order valence-electron chi connectivity index (χ1n) is 10.2. The topological polar surface area (TPSA) is 53.2 Å². The molecule has 32 heavy (non-hydrogen) atoms. The first kappa shape index (κ1) is 22.6. The van der Waals surface area contributed by atoms with E-state index < -0.39 is 24.9 Å². The molecule has 0 aliphatic carbocycles. The summed E-state index contributed by atoms with van der Waals surface area (Å²) in [6.07, 6.45) is -2.64. The van der Waals surface area contributed by atoms with Crippen LogP contribution in [0.2, 0.25) is 5.02 Å². The van der Waals surface area contributed by atoms with E-state index in [0.29, 0.717) is 10.6 Å². The summed E-state index contributed by atoms with van der Waals surface area (Å²) in [6.45, 7) is 0.840. The molecule has 0 fully saturated rings. The second-order valence-electron chi connectivity index (χ2n) is 7.40. The zero-order valence-electron chi connectivity index (χ0n) is 17.1. The number of carbonyl (C=O) groups is 1. The third-order valence-corrected chi connectivity index (χ3v) is 6.43. The number of rotatable bonds is 8. The Morgan fingerprint density at radius 3 is 2.59 bits per heavy atom. The molecule has 1 aliphatic rings. The predicted octanol–water partition coefficient (Wildman–Crippen LogP) is 5.63. The van der Waals surface area contributed by atoms with Crippen LogP contribution >= 0.6 is 23.4 Å². The number of carbonyl (C=O) groups excluding carboxylic acids is 1. The van der Waals surface area contributed by atoms with Crippen molar-refractivity contribution in [1.82, 2.24) is 10.6 Å². The molecule has 3 aromatic carbocycles. The van der Waals surface area contributed by atoms with E-state index in [2.05, 4.69) is 16.0 Å². The van der Waals surface area contributed by atoms with Crippen LogP contribution < -0.4 is 16.0 Å². The van der Waals surface area contributed by atoms with E-state index >= 15 is 0 Å². The molecular formula is C24H22ClF2N3OS. The van der Waals surface area contributed by atoms with Gasteiger partial charge in [0.05, 0.1) is 6.54 Å². The molecule has 0 saturated heterocycles. The molecule has 1 atom stereocenters. The molecule has 1 heterocycles. The zero-order valence-corrected chi connectivity index (χ0v) is 18.6. The van der Waals surface area contributed by atoms with Crippen LogP contribution in [0.5, 0.6) is 0 Å². The van der Waals surface area contributed by atoms with Crippen molar-refractivity contribution in [3.63, 3.8) is 0 Å². The number of fused-ring (bicyclic) bond motifs is 1. The van der Waals surface area contributed by atoms with Crippen LogP contribution in [0.25, 0.3) is 0 Å². The van der Waals surface area contributed by atoms with E-state index in [1.807, 2.05) is 54.6 Å². The minimum Gasteiger partial charge on any atom is -0.370 e. The maximum absolute atomic E-state index is 13.0. The Labute approximate surface area is 194 Å². The average Bonchev–Trinajstić information content (AvgIpc) is 3.26. The highest BCUT2D eigenvalue weighted by Crippen LogP contribution is 2.36. The van der Waals surface area contributed by atoms with Gasteiger partial charge in [-0.3, -0.25) is 4.79 Å². The van der Waals surface area contributed by atoms with Gasteiger partial charge < -0.3 is 16.0 Å². The third-order valence-electron chi connectivity index (χ3n) is 5.09. The summed E-state index contributed by atoms with van der Waals surface area (Å²) >= 11 is 7.77. The van der Waals surface area contributed by atoms with Crippen LogP contribution in [0.15, 0.2) is 76.5 Å². The number of hydrogen-bond acceptors (Lipinski definition) is 4. The molecule has 0 spiro atoms. The highest BCUT2D eigenvalue weighted by molar-refractivity contribution is 7.99. The molecule has 8 heteroatoms. The Hall–Kier alpha value is -2.61. The molecular weight excluding hydrogens is 452 g/mol. The highest BCUT2D eigenvalue weighted by atomic mass is 35.5. The SMILES string of the molecule is O=C(NCC(F)F)[C@H](Nc1ccc2c(c1)CNC2)c1cc(Cl)ccc1Sc1ccccc1. The monoisotopic (exact) mass is 473 g/mol. The van der Waals surface area contributed by atoms with Crippen molar-refractivity contribution >= 4 is 35.0 Å². The number of alkyl halides is 2. The van der Waals surface area contributed by atoms with Gasteiger partial charge in [-0.05, 0) is 59.2 Å². The molecule has 0 radical (unpaired) electrons. The molecule has 0 bridgehead atoms. The van der Waals surface area contributed by atoms with Gasteiger partial charge in [0, 0.05) is 33.6 Å². The maximum Gasteiger partial charge on any atom is 0.255 e. The standard InChI is InChI=1S/C24H22ClF2N3OS/c25-17-7-9-21(32-19-4-2-1-3-5-19)20(11-17)23(24(31)29-14-22(26)27)30-18-8-6-15-12-28-13-16(15)10-18/h1-11,22-23,28,30H,12-14H2,(H,29,31)/t23-/m1/s1. The normalized spacial score (nSPS) is 13.6. The predicted molar refractivity (Wildman–Crippen MR) is 124 cm³/mol. The fourth-order valence-corrected chi connectivity index (χ4v) is 4.73. The summed E-state index contributed by atoms with van der Waals surface area (Å²) in [5.74, 6) is -0.541. The number of benzene rings is 3. The number of hydrogen-bond donors (Lipinski definition) is 3. The molecule has 1 aliphatic heterocycles. The summed E-state index contributed by atoms with van der Waals surface area (Å²) in [5.41, 5.74) is 3.71. The van der Waals surface area contributed by atoms with Crippen molar-refractivity contribution < 1.29 is 13.6 Å². The molecule has 0 unspecified atom stereocenters. The first-order chi connectivity index (χ1) is 15.5. The summed E-state index contributed by atoms with van der Waals surface area (Å²) in [5, 5.41) is 9.34. The summed E-state index contributed by atoms with van der Waals surface area (Å²) in [4.78, 5) is 14.8. The van der Waals surface area contributed by atoms with E-state index in [-0.39, 0.29) is 0 Å². The van der Waals surface area contributed by atoms with Gasteiger partial charge in [-0.1, -0.05) is 47.6 Å². The van der Waals surface area contributed by atoms with Gasteiger partial charge in [0.25, 0.3) is 6.43 Å². The Kier molecular flexibility index (Phi) is 7.29. The quantitative estimate of drug-likeness (QED) is 0.397. The Balaban J connectivity index is 1.69. The lowest BCUT2D eigenvalue weighted by atomic mass is 10.0. The van der Waals surface area contributed by atoms with Crippen molar-refractivity contribution in [1.29, 1.82) is 0 Å². The second-order valence-corrected chi connectivity index (χ2v) is 8.95. The third kappa shape index (κ3) is 5.59. The average molecular weight is 474 g/mol. The number of halogens is 3. The molecule has 0 saturated carbocycles. The zero-order chi connectivity index (χ0) is 22.5. The summed E-state index contributed by atoms with van der Waals surface area (Å²) in [7, 11) is 0. The van der Waals surface area contributed by atoms with Crippen molar-refractivity contribution in [2.75, 3.05) is 11.9 Å². The number of anilines is 1. The summed E-state index contributed by atoms with van der Waals surface area (Å²) in [6, 6.07) is 20.0. The van der Waals surface area contributed by atoms with Crippen LogP contribution in [0.3, 0.4) is 0 Å². The minimum atomic E-state index is -2.64. The van der Waals surface area contributed by atoms with E-state index in [9.17, 15) is 13.6 Å². The van der Waals surface area contributed by atoms with Crippen LogP contribution in [-0.4, -0.2) is 18.9 Å². The fourth-order valence-electron chi connectivity index (χ4n) is 3.57. The largest absolute Gasteiger partial charge is 0.370 e. The van der Waals surface area contributed by atoms with Crippen molar-refractivity contribution in [3.05, 3.63) is 88.4 Å². The first-order valence-corrected chi connectivity index (χ1v) is 11.4. The lowest BCUT2D eigenvalue weighted by Gasteiger charge is -2.23. The van der Waals surface area contributed by atoms with Gasteiger partial charge in [-0.15, -0.1) is 0 Å². The van der Waals surface area contributed by atoms with Gasteiger partial charge in [0.1, 0.15) is 6.04 Å². The lowest BCUT2D eigenvalue weighted by Crippen LogP contribution is -2.36. The molecule has 1 amide bonds. The van der Waals surface area contributed by atoms with Gasteiger partial charge in [-0.2, -0.15) is 0 Å². The molecule has 3 aromatic rings. The van der Waals surface area contributed by atoms with E-state index in [4.69, 9.17) is 11.6 Å². The Morgan fingerprint density at radius 1 is 1.03 bits per heavy atom. The molecule has 4 rings (SSSR count). The fraction of sp³-hybridized carbons (Fsp3) is 0.208. The molecule has 3 N–H and O–H groups in total. The smallest absolute Gasteiger partial charge is 0.255 e. The van der Waals surface area contributed by atoms with E-state index in [1.165, 1.54) is 17.3 Å². The molecule has 4 nitrogen and oxygen atoms in total. The lowest BCUT2D eigenvalue weighted by molar-refractivity contribution is -0.122. The number of amides is 1. The van der Waals surface area contributed by atoms with Crippen molar-refractivity contribution in [3.8, 4) is 0 Å². The second kappa shape index (κ2) is 10.3. The molecule has 166 valence electrons. The van der Waals surface area contributed by atoms with Crippen LogP contribution in [0.4, 0.5) is 14.5 Å². The maximum atomic E-state index is 13.0. The van der Waals surface area contributed by atoms with Gasteiger partial charge in [-0.25, -0.2) is 8.78 Å². The van der Waals surface area contributed by atoms with E-state index in [1.54, 1.807) is 12.1 Å². The Bertz CT molecular complexity index is 1100. The highest BCUT2D eigenvalue weighted by Gasteiger charge is 2.25. The van der Waals surface area contributed by atoms with E-state index in [0.717, 1.165) is 34.1 Å². The van der Waals surface area contributed by atoms with Gasteiger partial charge in [0.15, 0.2) is 0 Å². The molecule has 0 aromatic heterocycles. The van der Waals surface area contributed by atoms with Crippen LogP contribution in [0, 0.1) is 0 Å². The van der Waals surface area contributed by atoms with Crippen molar-refractivity contribution in [2.45, 2.75) is 35.3 Å². The number of nitrogens with one attached hydrogen (secondary N) is 3. The summed E-state index contributed by atoms with van der Waals surface area (Å²) < 4.78 is 25.6.